The summed E-state index contributed by atoms with van der Waals surface area (Å²) in [5.74, 6) is 0. The molecule has 1 heterocycles. The molecule has 0 atom stereocenters. The maximum atomic E-state index is 4.15. The average molecular weight is 275 g/mol. The van der Waals surface area contributed by atoms with Gasteiger partial charge in [0.25, 0.3) is 0 Å². The fourth-order valence-corrected chi connectivity index (χ4v) is 2.88. The van der Waals surface area contributed by atoms with Crippen LogP contribution in [0.25, 0.3) is 0 Å². The lowest BCUT2D eigenvalue weighted by molar-refractivity contribution is 0.581. The van der Waals surface area contributed by atoms with Gasteiger partial charge in [0.2, 0.25) is 0 Å². The summed E-state index contributed by atoms with van der Waals surface area (Å²) in [7, 11) is 0. The highest BCUT2D eigenvalue weighted by atomic mass is 127. The standard InChI is InChI=1S/C10H14IN/c1-7-5-12-6-8(11)9(7)10(2,3)4/h5-6H,1-4H3. The molecule has 0 aliphatic heterocycles. The molecule has 1 nitrogen and oxygen atoms in total. The van der Waals surface area contributed by atoms with Crippen molar-refractivity contribution in [3.8, 4) is 0 Å². The van der Waals surface area contributed by atoms with Gasteiger partial charge in [0.05, 0.1) is 0 Å². The molecule has 66 valence electrons. The second kappa shape index (κ2) is 3.32. The van der Waals surface area contributed by atoms with Gasteiger partial charge < -0.3 is 0 Å². The largest absolute Gasteiger partial charge is 0.263 e. The summed E-state index contributed by atoms with van der Waals surface area (Å²) in [5, 5.41) is 0. The van der Waals surface area contributed by atoms with Crippen LogP contribution in [0.15, 0.2) is 12.4 Å². The first-order chi connectivity index (χ1) is 5.43. The third kappa shape index (κ3) is 1.97. The van der Waals surface area contributed by atoms with E-state index in [0.29, 0.717) is 0 Å². The molecule has 0 fully saturated rings. The summed E-state index contributed by atoms with van der Waals surface area (Å²) in [6, 6.07) is 0. The van der Waals surface area contributed by atoms with Crippen LogP contribution < -0.4 is 0 Å². The summed E-state index contributed by atoms with van der Waals surface area (Å²) in [6.07, 6.45) is 3.86. The summed E-state index contributed by atoms with van der Waals surface area (Å²) >= 11 is 2.35. The average Bonchev–Trinajstić information content (AvgIpc) is 1.82. The van der Waals surface area contributed by atoms with Crippen molar-refractivity contribution < 1.29 is 0 Å². The molecule has 0 aliphatic rings. The number of aromatic nitrogens is 1. The number of nitrogens with zero attached hydrogens (tertiary/aromatic N) is 1. The topological polar surface area (TPSA) is 12.9 Å². The maximum absolute atomic E-state index is 4.15. The Hall–Kier alpha value is -0.120. The molecule has 12 heavy (non-hydrogen) atoms. The van der Waals surface area contributed by atoms with Crippen molar-refractivity contribution in [1.82, 2.24) is 4.98 Å². The number of aryl methyl sites for hydroxylation is 1. The van der Waals surface area contributed by atoms with Crippen LogP contribution in [0.2, 0.25) is 0 Å². The van der Waals surface area contributed by atoms with E-state index < -0.39 is 0 Å². The summed E-state index contributed by atoms with van der Waals surface area (Å²) in [4.78, 5) is 4.15. The minimum atomic E-state index is 0.226. The zero-order valence-corrected chi connectivity index (χ0v) is 10.1. The van der Waals surface area contributed by atoms with E-state index in [4.69, 9.17) is 0 Å². The van der Waals surface area contributed by atoms with Gasteiger partial charge in [-0.3, -0.25) is 4.98 Å². The van der Waals surface area contributed by atoms with E-state index in [1.165, 1.54) is 14.7 Å². The Labute approximate surface area is 87.7 Å². The molecule has 0 bridgehead atoms. The Morgan fingerprint density at radius 1 is 1.25 bits per heavy atom. The highest BCUT2D eigenvalue weighted by Crippen LogP contribution is 2.28. The zero-order valence-electron chi connectivity index (χ0n) is 7.98. The normalized spacial score (nSPS) is 11.8. The van der Waals surface area contributed by atoms with Crippen LogP contribution in [0, 0.1) is 10.5 Å². The molecule has 0 radical (unpaired) electrons. The SMILES string of the molecule is Cc1cncc(I)c1C(C)(C)C. The van der Waals surface area contributed by atoms with Crippen molar-refractivity contribution in [3.63, 3.8) is 0 Å². The Morgan fingerprint density at radius 3 is 2.17 bits per heavy atom. The Kier molecular flexibility index (Phi) is 2.76. The van der Waals surface area contributed by atoms with Gasteiger partial charge in [-0.25, -0.2) is 0 Å². The van der Waals surface area contributed by atoms with Gasteiger partial charge in [-0.2, -0.15) is 0 Å². The predicted molar refractivity (Wildman–Crippen MR) is 60.4 cm³/mol. The van der Waals surface area contributed by atoms with Gasteiger partial charge >= 0.3 is 0 Å². The smallest absolute Gasteiger partial charge is 0.0404 e. The molecule has 0 aliphatic carbocycles. The molecule has 1 aromatic rings. The van der Waals surface area contributed by atoms with E-state index in [9.17, 15) is 0 Å². The van der Waals surface area contributed by atoms with Gasteiger partial charge in [0.15, 0.2) is 0 Å². The number of rotatable bonds is 0. The minimum absolute atomic E-state index is 0.226. The Balaban J connectivity index is 3.31. The third-order valence-corrected chi connectivity index (χ3v) is 2.66. The Morgan fingerprint density at radius 2 is 1.83 bits per heavy atom. The zero-order chi connectivity index (χ0) is 9.35. The molecule has 0 N–H and O–H groups in total. The van der Waals surface area contributed by atoms with E-state index in [2.05, 4.69) is 55.3 Å². The van der Waals surface area contributed by atoms with Crippen LogP contribution in [0.4, 0.5) is 0 Å². The van der Waals surface area contributed by atoms with Crippen LogP contribution in [0.3, 0.4) is 0 Å². The van der Waals surface area contributed by atoms with Crippen LogP contribution in [0.1, 0.15) is 31.9 Å². The summed E-state index contributed by atoms with van der Waals surface area (Å²) < 4.78 is 1.26. The maximum Gasteiger partial charge on any atom is 0.0404 e. The number of hydrogen-bond donors (Lipinski definition) is 0. The van der Waals surface area contributed by atoms with E-state index in [1.807, 2.05) is 12.4 Å². The quantitative estimate of drug-likeness (QED) is 0.662. The molecular formula is C10H14IN. The van der Waals surface area contributed by atoms with E-state index in [-0.39, 0.29) is 5.41 Å². The number of hydrogen-bond acceptors (Lipinski definition) is 1. The molecule has 2 heteroatoms. The number of halogens is 1. The van der Waals surface area contributed by atoms with Crippen molar-refractivity contribution in [3.05, 3.63) is 27.1 Å². The molecular weight excluding hydrogens is 261 g/mol. The van der Waals surface area contributed by atoms with Crippen LogP contribution in [-0.2, 0) is 5.41 Å². The predicted octanol–water partition coefficient (Wildman–Crippen LogP) is 3.29. The van der Waals surface area contributed by atoms with Crippen LogP contribution in [-0.4, -0.2) is 4.98 Å². The van der Waals surface area contributed by atoms with E-state index >= 15 is 0 Å². The van der Waals surface area contributed by atoms with Gasteiger partial charge in [-0.15, -0.1) is 0 Å². The third-order valence-electron chi connectivity index (χ3n) is 1.84. The lowest BCUT2D eigenvalue weighted by Crippen LogP contribution is -2.15. The van der Waals surface area contributed by atoms with E-state index in [1.54, 1.807) is 0 Å². The highest BCUT2D eigenvalue weighted by molar-refractivity contribution is 14.1. The number of pyridine rings is 1. The molecule has 0 spiro atoms. The molecule has 0 saturated heterocycles. The van der Waals surface area contributed by atoms with Crippen molar-refractivity contribution in [2.75, 3.05) is 0 Å². The lowest BCUT2D eigenvalue weighted by atomic mass is 9.85. The van der Waals surface area contributed by atoms with Gasteiger partial charge in [-0.1, -0.05) is 20.8 Å². The van der Waals surface area contributed by atoms with Crippen LogP contribution in [0.5, 0.6) is 0 Å². The molecule has 1 aromatic heterocycles. The first kappa shape index (κ1) is 9.96. The van der Waals surface area contributed by atoms with Gasteiger partial charge in [0, 0.05) is 16.0 Å². The summed E-state index contributed by atoms with van der Waals surface area (Å²) in [6.45, 7) is 8.82. The molecule has 0 unspecified atom stereocenters. The molecule has 0 amide bonds. The second-order valence-electron chi connectivity index (χ2n) is 4.06. The van der Waals surface area contributed by atoms with Crippen molar-refractivity contribution in [2.24, 2.45) is 0 Å². The first-order valence-electron chi connectivity index (χ1n) is 4.03. The lowest BCUT2D eigenvalue weighted by Gasteiger charge is -2.22. The van der Waals surface area contributed by atoms with Crippen molar-refractivity contribution >= 4 is 22.6 Å². The fourth-order valence-electron chi connectivity index (χ4n) is 1.48. The second-order valence-corrected chi connectivity index (χ2v) is 5.23. The Bertz CT molecular complexity index is 266. The molecule has 0 saturated carbocycles. The van der Waals surface area contributed by atoms with Crippen molar-refractivity contribution in [2.45, 2.75) is 33.1 Å². The van der Waals surface area contributed by atoms with Crippen molar-refractivity contribution in [1.29, 1.82) is 0 Å². The first-order valence-corrected chi connectivity index (χ1v) is 5.11. The molecule has 0 aromatic carbocycles. The minimum Gasteiger partial charge on any atom is -0.263 e. The monoisotopic (exact) mass is 275 g/mol. The van der Waals surface area contributed by atoms with Crippen LogP contribution >= 0.6 is 22.6 Å². The molecule has 1 rings (SSSR count). The van der Waals surface area contributed by atoms with E-state index in [0.717, 1.165) is 0 Å². The summed E-state index contributed by atoms with van der Waals surface area (Å²) in [5.41, 5.74) is 2.93. The van der Waals surface area contributed by atoms with Gasteiger partial charge in [0.1, 0.15) is 0 Å². The highest BCUT2D eigenvalue weighted by Gasteiger charge is 2.18. The van der Waals surface area contributed by atoms with Gasteiger partial charge in [-0.05, 0) is 46.1 Å². The fraction of sp³-hybridized carbons (Fsp3) is 0.500.